The maximum Gasteiger partial charge on any atom is 0.279 e. The second kappa shape index (κ2) is 6.13. The van der Waals surface area contributed by atoms with Gasteiger partial charge in [0, 0.05) is 32.1 Å². The Morgan fingerprint density at radius 3 is 2.68 bits per heavy atom. The molecule has 0 aliphatic heterocycles. The van der Waals surface area contributed by atoms with Gasteiger partial charge >= 0.3 is 0 Å². The molecule has 1 heterocycles. The molecule has 4 N–H and O–H groups in total. The fourth-order valence-corrected chi connectivity index (χ4v) is 2.44. The smallest absolute Gasteiger partial charge is 0.279 e. The lowest BCUT2D eigenvalue weighted by atomic mass is 10.4. The summed E-state index contributed by atoms with van der Waals surface area (Å²) in [7, 11) is -2.02. The van der Waals surface area contributed by atoms with Gasteiger partial charge in [-0.2, -0.15) is 12.7 Å². The van der Waals surface area contributed by atoms with E-state index in [1.165, 1.54) is 17.4 Å². The summed E-state index contributed by atoms with van der Waals surface area (Å²) in [5.41, 5.74) is 5.07. The SMILES string of the molecule is CC(C)N(C)S(=O)(=O)NCCc1nc(N)cc(=O)[nH]1. The Morgan fingerprint density at radius 1 is 1.53 bits per heavy atom. The number of nitrogen functional groups attached to an aromatic ring is 1. The molecule has 1 rings (SSSR count). The molecule has 1 aromatic heterocycles. The van der Waals surface area contributed by atoms with Gasteiger partial charge in [0.15, 0.2) is 0 Å². The normalized spacial score (nSPS) is 12.3. The Hall–Kier alpha value is -1.45. The molecule has 108 valence electrons. The van der Waals surface area contributed by atoms with Crippen LogP contribution < -0.4 is 16.0 Å². The van der Waals surface area contributed by atoms with Crippen molar-refractivity contribution in [2.24, 2.45) is 0 Å². The molecule has 0 saturated heterocycles. The third kappa shape index (κ3) is 4.62. The molecule has 9 heteroatoms. The number of rotatable bonds is 6. The Morgan fingerprint density at radius 2 is 2.16 bits per heavy atom. The van der Waals surface area contributed by atoms with Crippen LogP contribution in [0.4, 0.5) is 5.82 Å². The van der Waals surface area contributed by atoms with E-state index in [1.807, 2.05) is 0 Å². The van der Waals surface area contributed by atoms with Crippen molar-refractivity contribution < 1.29 is 8.42 Å². The zero-order valence-electron chi connectivity index (χ0n) is 11.2. The van der Waals surface area contributed by atoms with Gasteiger partial charge in [-0.3, -0.25) is 4.79 Å². The van der Waals surface area contributed by atoms with Crippen LogP contribution in [0.15, 0.2) is 10.9 Å². The van der Waals surface area contributed by atoms with E-state index >= 15 is 0 Å². The summed E-state index contributed by atoms with van der Waals surface area (Å²) in [5.74, 6) is 0.459. The van der Waals surface area contributed by atoms with Gasteiger partial charge in [0.05, 0.1) is 0 Å². The lowest BCUT2D eigenvalue weighted by molar-refractivity contribution is 0.402. The minimum Gasteiger partial charge on any atom is -0.383 e. The zero-order valence-corrected chi connectivity index (χ0v) is 12.0. The number of hydrogen-bond acceptors (Lipinski definition) is 5. The predicted molar refractivity (Wildman–Crippen MR) is 72.8 cm³/mol. The molecule has 0 spiro atoms. The van der Waals surface area contributed by atoms with Gasteiger partial charge in [-0.25, -0.2) is 9.71 Å². The van der Waals surface area contributed by atoms with Gasteiger partial charge in [0.25, 0.3) is 15.8 Å². The van der Waals surface area contributed by atoms with Crippen LogP contribution in [0, 0.1) is 0 Å². The van der Waals surface area contributed by atoms with Crippen LogP contribution in [0.3, 0.4) is 0 Å². The number of anilines is 1. The number of nitrogens with one attached hydrogen (secondary N) is 2. The van der Waals surface area contributed by atoms with Crippen molar-refractivity contribution in [1.82, 2.24) is 19.0 Å². The highest BCUT2D eigenvalue weighted by Crippen LogP contribution is 2.00. The second-order valence-corrected chi connectivity index (χ2v) is 6.19. The van der Waals surface area contributed by atoms with Crippen molar-refractivity contribution in [2.45, 2.75) is 26.3 Å². The van der Waals surface area contributed by atoms with Gasteiger partial charge in [-0.05, 0) is 13.8 Å². The highest BCUT2D eigenvalue weighted by molar-refractivity contribution is 7.87. The second-order valence-electron chi connectivity index (χ2n) is 4.38. The van der Waals surface area contributed by atoms with E-state index < -0.39 is 10.2 Å². The summed E-state index contributed by atoms with van der Waals surface area (Å²) in [6.45, 7) is 3.68. The Kier molecular flexibility index (Phi) is 5.04. The first-order chi connectivity index (χ1) is 8.72. The van der Waals surface area contributed by atoms with Crippen molar-refractivity contribution >= 4 is 16.0 Å². The molecule has 0 aromatic carbocycles. The van der Waals surface area contributed by atoms with Crippen molar-refractivity contribution in [3.63, 3.8) is 0 Å². The van der Waals surface area contributed by atoms with Gasteiger partial charge in [-0.15, -0.1) is 0 Å². The van der Waals surface area contributed by atoms with Crippen LogP contribution in [0.25, 0.3) is 0 Å². The molecular formula is C10H19N5O3S. The summed E-state index contributed by atoms with van der Waals surface area (Å²) >= 11 is 0. The van der Waals surface area contributed by atoms with Gasteiger partial charge in [0.2, 0.25) is 0 Å². The largest absolute Gasteiger partial charge is 0.383 e. The lowest BCUT2D eigenvalue weighted by Gasteiger charge is -2.21. The summed E-state index contributed by atoms with van der Waals surface area (Å²) in [6.07, 6.45) is 0.255. The summed E-state index contributed by atoms with van der Waals surface area (Å²) in [4.78, 5) is 17.5. The van der Waals surface area contributed by atoms with Crippen molar-refractivity contribution in [3.8, 4) is 0 Å². The first-order valence-electron chi connectivity index (χ1n) is 5.80. The summed E-state index contributed by atoms with van der Waals surface area (Å²) in [6, 6.07) is 1.03. The molecule has 8 nitrogen and oxygen atoms in total. The molecule has 0 fully saturated rings. The van der Waals surface area contributed by atoms with Crippen LogP contribution in [0.5, 0.6) is 0 Å². The van der Waals surface area contributed by atoms with Crippen LogP contribution in [0.2, 0.25) is 0 Å². The molecule has 0 amide bonds. The highest BCUT2D eigenvalue weighted by atomic mass is 32.2. The number of aromatic amines is 1. The van der Waals surface area contributed by atoms with Crippen LogP contribution in [-0.2, 0) is 16.6 Å². The number of aromatic nitrogens is 2. The third-order valence-corrected chi connectivity index (χ3v) is 4.31. The average molecular weight is 289 g/mol. The van der Waals surface area contributed by atoms with E-state index in [1.54, 1.807) is 13.8 Å². The van der Waals surface area contributed by atoms with E-state index in [0.29, 0.717) is 5.82 Å². The van der Waals surface area contributed by atoms with E-state index in [9.17, 15) is 13.2 Å². The molecule has 1 aromatic rings. The highest BCUT2D eigenvalue weighted by Gasteiger charge is 2.19. The monoisotopic (exact) mass is 289 g/mol. The molecule has 0 bridgehead atoms. The summed E-state index contributed by atoms with van der Waals surface area (Å²) < 4.78 is 27.2. The zero-order chi connectivity index (χ0) is 14.6. The van der Waals surface area contributed by atoms with E-state index in [0.717, 1.165) is 0 Å². The molecule has 0 aliphatic rings. The van der Waals surface area contributed by atoms with Crippen LogP contribution >= 0.6 is 0 Å². The summed E-state index contributed by atoms with van der Waals surface area (Å²) in [5, 5.41) is 0. The fraction of sp³-hybridized carbons (Fsp3) is 0.600. The molecule has 0 radical (unpaired) electrons. The molecular weight excluding hydrogens is 270 g/mol. The Bertz CT molecular complexity index is 581. The minimum atomic E-state index is -3.52. The maximum atomic E-state index is 11.8. The average Bonchev–Trinajstić information content (AvgIpc) is 2.26. The third-order valence-electron chi connectivity index (χ3n) is 2.56. The topological polar surface area (TPSA) is 121 Å². The number of H-pyrrole nitrogens is 1. The number of hydrogen-bond donors (Lipinski definition) is 3. The first kappa shape index (κ1) is 15.6. The number of nitrogens with zero attached hydrogens (tertiary/aromatic N) is 2. The fourth-order valence-electron chi connectivity index (χ4n) is 1.32. The van der Waals surface area contributed by atoms with Crippen molar-refractivity contribution in [3.05, 3.63) is 22.2 Å². The minimum absolute atomic E-state index is 0.112. The van der Waals surface area contributed by atoms with E-state index in [4.69, 9.17) is 5.73 Å². The van der Waals surface area contributed by atoms with Crippen molar-refractivity contribution in [1.29, 1.82) is 0 Å². The molecule has 0 unspecified atom stereocenters. The molecule has 19 heavy (non-hydrogen) atoms. The maximum absolute atomic E-state index is 11.8. The lowest BCUT2D eigenvalue weighted by Crippen LogP contribution is -2.42. The van der Waals surface area contributed by atoms with Crippen molar-refractivity contribution in [2.75, 3.05) is 19.3 Å². The van der Waals surface area contributed by atoms with Gasteiger partial charge in [-0.1, -0.05) is 0 Å². The first-order valence-corrected chi connectivity index (χ1v) is 7.24. The van der Waals surface area contributed by atoms with Gasteiger partial charge < -0.3 is 10.7 Å². The van der Waals surface area contributed by atoms with Crippen LogP contribution in [0.1, 0.15) is 19.7 Å². The molecule has 0 saturated carbocycles. The van der Waals surface area contributed by atoms with Crippen LogP contribution in [-0.4, -0.2) is 42.3 Å². The van der Waals surface area contributed by atoms with E-state index in [-0.39, 0.29) is 30.4 Å². The number of nitrogens with two attached hydrogens (primary N) is 1. The quantitative estimate of drug-likeness (QED) is 0.624. The van der Waals surface area contributed by atoms with Gasteiger partial charge in [0.1, 0.15) is 11.6 Å². The molecule has 0 aliphatic carbocycles. The Balaban J connectivity index is 2.61. The standard InChI is InChI=1S/C10H19N5O3S/c1-7(2)15(3)19(17,18)12-5-4-9-13-8(11)6-10(16)14-9/h6-7,12H,4-5H2,1-3H3,(H3,11,13,14,16). The predicted octanol–water partition coefficient (Wildman–Crippen LogP) is -0.931. The molecule has 0 atom stereocenters. The van der Waals surface area contributed by atoms with E-state index in [2.05, 4.69) is 14.7 Å². The Labute approximate surface area is 112 Å².